The van der Waals surface area contributed by atoms with Crippen molar-refractivity contribution in [3.63, 3.8) is 0 Å². The number of fused-ring (bicyclic) bond motifs is 1. The average Bonchev–Trinajstić information content (AvgIpc) is 2.86. The second-order valence-corrected chi connectivity index (χ2v) is 5.25. The lowest BCUT2D eigenvalue weighted by molar-refractivity contribution is 0.102. The van der Waals surface area contributed by atoms with E-state index in [4.69, 9.17) is 0 Å². The standard InChI is InChI=1S/C15H15N5O2/c1-8(2)13-16-6-5-11(18-13)14(21)17-9-3-4-10-12(7-9)20-15(22)19-10/h3-8H,1-2H3,(H,17,21)(H2,19,20,22). The number of carbonyl (C=O) groups is 1. The van der Waals surface area contributed by atoms with Gasteiger partial charge >= 0.3 is 5.69 Å². The zero-order valence-corrected chi connectivity index (χ0v) is 12.2. The van der Waals surface area contributed by atoms with Crippen molar-refractivity contribution in [2.75, 3.05) is 5.32 Å². The minimum atomic E-state index is -0.318. The number of aromatic amines is 2. The fourth-order valence-corrected chi connectivity index (χ4v) is 2.08. The molecule has 1 aromatic carbocycles. The van der Waals surface area contributed by atoms with Crippen molar-refractivity contribution in [3.05, 3.63) is 52.5 Å². The van der Waals surface area contributed by atoms with Crippen LogP contribution in [0.5, 0.6) is 0 Å². The Hall–Kier alpha value is -2.96. The number of imidazole rings is 1. The van der Waals surface area contributed by atoms with Gasteiger partial charge in [0.25, 0.3) is 5.91 Å². The zero-order valence-electron chi connectivity index (χ0n) is 12.2. The predicted molar refractivity (Wildman–Crippen MR) is 83.0 cm³/mol. The maximum atomic E-state index is 12.2. The summed E-state index contributed by atoms with van der Waals surface area (Å²) in [5, 5.41) is 2.76. The molecule has 3 aromatic rings. The van der Waals surface area contributed by atoms with E-state index in [2.05, 4.69) is 25.3 Å². The van der Waals surface area contributed by atoms with E-state index in [0.717, 1.165) is 0 Å². The number of aromatic nitrogens is 4. The number of carbonyl (C=O) groups excluding carboxylic acids is 1. The summed E-state index contributed by atoms with van der Waals surface area (Å²) in [6.45, 7) is 3.93. The van der Waals surface area contributed by atoms with Crippen molar-refractivity contribution in [2.45, 2.75) is 19.8 Å². The Morgan fingerprint density at radius 1 is 1.18 bits per heavy atom. The summed E-state index contributed by atoms with van der Waals surface area (Å²) < 4.78 is 0. The number of nitrogens with zero attached hydrogens (tertiary/aromatic N) is 2. The minimum Gasteiger partial charge on any atom is -0.321 e. The van der Waals surface area contributed by atoms with E-state index in [1.807, 2.05) is 13.8 Å². The molecule has 0 aliphatic carbocycles. The Bertz CT molecular complexity index is 894. The molecule has 0 aliphatic heterocycles. The van der Waals surface area contributed by atoms with Crippen LogP contribution in [0.3, 0.4) is 0 Å². The average molecular weight is 297 g/mol. The van der Waals surface area contributed by atoms with Crippen LogP contribution in [0, 0.1) is 0 Å². The number of nitrogens with one attached hydrogen (secondary N) is 3. The monoisotopic (exact) mass is 297 g/mol. The van der Waals surface area contributed by atoms with Crippen LogP contribution in [0.15, 0.2) is 35.3 Å². The van der Waals surface area contributed by atoms with Crippen molar-refractivity contribution in [1.82, 2.24) is 19.9 Å². The molecule has 7 heteroatoms. The van der Waals surface area contributed by atoms with Crippen molar-refractivity contribution >= 4 is 22.6 Å². The molecule has 2 aromatic heterocycles. The lowest BCUT2D eigenvalue weighted by Gasteiger charge is -2.07. The van der Waals surface area contributed by atoms with E-state index in [1.165, 1.54) is 0 Å². The van der Waals surface area contributed by atoms with Crippen LogP contribution in [-0.4, -0.2) is 25.8 Å². The summed E-state index contributed by atoms with van der Waals surface area (Å²) in [5.74, 6) is 0.452. The minimum absolute atomic E-state index is 0.147. The Morgan fingerprint density at radius 2 is 1.95 bits per heavy atom. The molecular formula is C15H15N5O2. The second kappa shape index (κ2) is 5.44. The normalized spacial score (nSPS) is 11.0. The highest BCUT2D eigenvalue weighted by Crippen LogP contribution is 2.15. The summed E-state index contributed by atoms with van der Waals surface area (Å²) in [5.41, 5.74) is 1.93. The number of hydrogen-bond donors (Lipinski definition) is 3. The molecule has 22 heavy (non-hydrogen) atoms. The maximum absolute atomic E-state index is 12.2. The van der Waals surface area contributed by atoms with E-state index in [9.17, 15) is 9.59 Å². The zero-order chi connectivity index (χ0) is 15.7. The third-order valence-electron chi connectivity index (χ3n) is 3.20. The quantitative estimate of drug-likeness (QED) is 0.688. The highest BCUT2D eigenvalue weighted by Gasteiger charge is 2.11. The largest absolute Gasteiger partial charge is 0.323 e. The lowest BCUT2D eigenvalue weighted by Crippen LogP contribution is -2.15. The third-order valence-corrected chi connectivity index (χ3v) is 3.20. The van der Waals surface area contributed by atoms with Gasteiger partial charge in [-0.15, -0.1) is 0 Å². The maximum Gasteiger partial charge on any atom is 0.323 e. The van der Waals surface area contributed by atoms with Crippen LogP contribution in [0.25, 0.3) is 11.0 Å². The Kier molecular flexibility index (Phi) is 3.46. The van der Waals surface area contributed by atoms with Gasteiger partial charge in [-0.3, -0.25) is 4.79 Å². The Balaban J connectivity index is 1.86. The van der Waals surface area contributed by atoms with Gasteiger partial charge in [0.2, 0.25) is 0 Å². The molecule has 0 saturated carbocycles. The van der Waals surface area contributed by atoms with Gasteiger partial charge in [-0.05, 0) is 24.3 Å². The highest BCUT2D eigenvalue weighted by atomic mass is 16.2. The topological polar surface area (TPSA) is 104 Å². The Morgan fingerprint density at radius 3 is 2.73 bits per heavy atom. The molecule has 112 valence electrons. The molecule has 0 bridgehead atoms. The molecular weight excluding hydrogens is 282 g/mol. The molecule has 0 atom stereocenters. The molecule has 0 fully saturated rings. The van der Waals surface area contributed by atoms with Gasteiger partial charge in [-0.2, -0.15) is 0 Å². The van der Waals surface area contributed by atoms with Crippen LogP contribution in [0.1, 0.15) is 36.1 Å². The van der Waals surface area contributed by atoms with E-state index in [-0.39, 0.29) is 17.5 Å². The molecule has 2 heterocycles. The van der Waals surface area contributed by atoms with Gasteiger partial charge in [0, 0.05) is 17.8 Å². The molecule has 3 rings (SSSR count). The van der Waals surface area contributed by atoms with Gasteiger partial charge < -0.3 is 15.3 Å². The van der Waals surface area contributed by atoms with Crippen LogP contribution < -0.4 is 11.0 Å². The molecule has 0 aliphatic rings. The molecule has 1 amide bonds. The summed E-state index contributed by atoms with van der Waals surface area (Å²) in [6, 6.07) is 6.70. The molecule has 0 saturated heterocycles. The molecule has 7 nitrogen and oxygen atoms in total. The SMILES string of the molecule is CC(C)c1nccc(C(=O)Nc2ccc3[nH]c(=O)[nH]c3c2)n1. The number of rotatable bonds is 3. The highest BCUT2D eigenvalue weighted by molar-refractivity contribution is 6.03. The summed E-state index contributed by atoms with van der Waals surface area (Å²) in [7, 11) is 0. The Labute approximate surface area is 125 Å². The van der Waals surface area contributed by atoms with Crippen LogP contribution >= 0.6 is 0 Å². The number of benzene rings is 1. The molecule has 0 radical (unpaired) electrons. The van der Waals surface area contributed by atoms with Crippen molar-refractivity contribution < 1.29 is 4.79 Å². The van der Waals surface area contributed by atoms with Gasteiger partial charge in [-0.1, -0.05) is 13.8 Å². The fraction of sp³-hybridized carbons (Fsp3) is 0.200. The number of anilines is 1. The van der Waals surface area contributed by atoms with E-state index >= 15 is 0 Å². The summed E-state index contributed by atoms with van der Waals surface area (Å²) in [4.78, 5) is 37.2. The predicted octanol–water partition coefficient (Wildman–Crippen LogP) is 2.02. The van der Waals surface area contributed by atoms with Gasteiger partial charge in [-0.25, -0.2) is 14.8 Å². The van der Waals surface area contributed by atoms with Crippen LogP contribution in [-0.2, 0) is 0 Å². The smallest absolute Gasteiger partial charge is 0.321 e. The van der Waals surface area contributed by atoms with Crippen LogP contribution in [0.2, 0.25) is 0 Å². The summed E-state index contributed by atoms with van der Waals surface area (Å²) in [6.07, 6.45) is 1.57. The first-order valence-electron chi connectivity index (χ1n) is 6.89. The van der Waals surface area contributed by atoms with Crippen molar-refractivity contribution in [2.24, 2.45) is 0 Å². The van der Waals surface area contributed by atoms with E-state index < -0.39 is 0 Å². The van der Waals surface area contributed by atoms with Crippen molar-refractivity contribution in [3.8, 4) is 0 Å². The summed E-state index contributed by atoms with van der Waals surface area (Å²) >= 11 is 0. The number of amides is 1. The van der Waals surface area contributed by atoms with Gasteiger partial charge in [0.15, 0.2) is 0 Å². The van der Waals surface area contributed by atoms with Gasteiger partial charge in [0.1, 0.15) is 11.5 Å². The molecule has 0 spiro atoms. The van der Waals surface area contributed by atoms with E-state index in [1.54, 1.807) is 30.5 Å². The first-order chi connectivity index (χ1) is 10.5. The first-order valence-corrected chi connectivity index (χ1v) is 6.89. The molecule has 3 N–H and O–H groups in total. The fourth-order valence-electron chi connectivity index (χ4n) is 2.08. The van der Waals surface area contributed by atoms with Crippen LogP contribution in [0.4, 0.5) is 5.69 Å². The first kappa shape index (κ1) is 14.0. The molecule has 0 unspecified atom stereocenters. The van der Waals surface area contributed by atoms with E-state index in [0.29, 0.717) is 28.2 Å². The second-order valence-electron chi connectivity index (χ2n) is 5.25. The van der Waals surface area contributed by atoms with Gasteiger partial charge in [0.05, 0.1) is 11.0 Å². The third kappa shape index (κ3) is 2.73. The number of hydrogen-bond acceptors (Lipinski definition) is 4. The lowest BCUT2D eigenvalue weighted by atomic mass is 10.2. The van der Waals surface area contributed by atoms with Crippen molar-refractivity contribution in [1.29, 1.82) is 0 Å². The number of H-pyrrole nitrogens is 2.